The molecule has 0 fully saturated rings. The maximum atomic E-state index is 12.4. The van der Waals surface area contributed by atoms with Gasteiger partial charge in [0.05, 0.1) is 5.56 Å². The molecule has 0 aliphatic heterocycles. The lowest BCUT2D eigenvalue weighted by molar-refractivity contribution is -0.137. The molecule has 0 aliphatic rings. The minimum atomic E-state index is -4.26. The van der Waals surface area contributed by atoms with E-state index in [0.29, 0.717) is 6.54 Å². The molecule has 0 saturated carbocycles. The zero-order valence-electron chi connectivity index (χ0n) is 8.78. The Hall–Kier alpha value is -1.03. The van der Waals surface area contributed by atoms with E-state index < -0.39 is 11.7 Å². The zero-order valence-corrected chi connectivity index (χ0v) is 8.78. The Labute approximate surface area is 87.3 Å². The van der Waals surface area contributed by atoms with Crippen LogP contribution < -0.4 is 5.32 Å². The smallest absolute Gasteiger partial charge is 0.316 e. The van der Waals surface area contributed by atoms with Crippen LogP contribution in [0.15, 0.2) is 18.2 Å². The summed E-state index contributed by atoms with van der Waals surface area (Å²) in [6.07, 6.45) is -3.51. The molecule has 1 N–H and O–H groups in total. The summed E-state index contributed by atoms with van der Waals surface area (Å²) in [5.41, 5.74) is 1.09. The first-order valence-electron chi connectivity index (χ1n) is 4.82. The van der Waals surface area contributed by atoms with Gasteiger partial charge in [-0.3, -0.25) is 0 Å². The van der Waals surface area contributed by atoms with Gasteiger partial charge in [-0.05, 0) is 36.7 Å². The van der Waals surface area contributed by atoms with Gasteiger partial charge in [-0.15, -0.1) is 0 Å². The van der Waals surface area contributed by atoms with Gasteiger partial charge in [0, 0.05) is 6.54 Å². The molecule has 0 heterocycles. The van der Waals surface area contributed by atoms with Crippen molar-refractivity contribution in [2.45, 2.75) is 26.1 Å². The normalized spacial score (nSPS) is 11.8. The van der Waals surface area contributed by atoms with Crippen molar-refractivity contribution in [1.82, 2.24) is 5.32 Å². The van der Waals surface area contributed by atoms with Crippen molar-refractivity contribution in [3.05, 3.63) is 34.9 Å². The SMILES string of the molecule is CCc1ccc(C(F)(F)F)cc1CNC. The van der Waals surface area contributed by atoms with Crippen LogP contribution >= 0.6 is 0 Å². The molecule has 0 saturated heterocycles. The van der Waals surface area contributed by atoms with Crippen LogP contribution in [0.4, 0.5) is 13.2 Å². The largest absolute Gasteiger partial charge is 0.416 e. The Kier molecular flexibility index (Phi) is 3.74. The van der Waals surface area contributed by atoms with E-state index in [4.69, 9.17) is 0 Å². The van der Waals surface area contributed by atoms with Crippen LogP contribution in [0.2, 0.25) is 0 Å². The molecule has 1 rings (SSSR count). The lowest BCUT2D eigenvalue weighted by atomic mass is 10.0. The third-order valence-electron chi connectivity index (χ3n) is 2.28. The number of aryl methyl sites for hydroxylation is 1. The van der Waals surface area contributed by atoms with Crippen molar-refractivity contribution in [2.24, 2.45) is 0 Å². The number of hydrogen-bond acceptors (Lipinski definition) is 1. The maximum Gasteiger partial charge on any atom is 0.416 e. The first-order valence-corrected chi connectivity index (χ1v) is 4.82. The first kappa shape index (κ1) is 12.0. The molecule has 0 amide bonds. The second kappa shape index (κ2) is 4.66. The van der Waals surface area contributed by atoms with E-state index in [2.05, 4.69) is 5.32 Å². The second-order valence-corrected chi connectivity index (χ2v) is 3.37. The molecule has 0 spiro atoms. The molecule has 15 heavy (non-hydrogen) atoms. The third kappa shape index (κ3) is 2.96. The van der Waals surface area contributed by atoms with Crippen LogP contribution in [-0.4, -0.2) is 7.05 Å². The first-order chi connectivity index (χ1) is 6.99. The minimum absolute atomic E-state index is 0.465. The van der Waals surface area contributed by atoms with Gasteiger partial charge in [0.2, 0.25) is 0 Å². The van der Waals surface area contributed by atoms with Crippen molar-refractivity contribution in [1.29, 1.82) is 0 Å². The van der Waals surface area contributed by atoms with Gasteiger partial charge in [0.15, 0.2) is 0 Å². The number of nitrogens with one attached hydrogen (secondary N) is 1. The van der Waals surface area contributed by atoms with E-state index in [9.17, 15) is 13.2 Å². The minimum Gasteiger partial charge on any atom is -0.316 e. The number of benzene rings is 1. The molecule has 0 aromatic heterocycles. The molecule has 1 aromatic carbocycles. The summed E-state index contributed by atoms with van der Waals surface area (Å²) in [4.78, 5) is 0. The predicted octanol–water partition coefficient (Wildman–Crippen LogP) is 2.99. The summed E-state index contributed by atoms with van der Waals surface area (Å²) in [5.74, 6) is 0. The molecule has 0 unspecified atom stereocenters. The Morgan fingerprint density at radius 3 is 2.33 bits per heavy atom. The highest BCUT2D eigenvalue weighted by Crippen LogP contribution is 2.30. The van der Waals surface area contributed by atoms with Crippen molar-refractivity contribution in [2.75, 3.05) is 7.05 Å². The average Bonchev–Trinajstić information content (AvgIpc) is 2.17. The Bertz CT molecular complexity index is 331. The summed E-state index contributed by atoms with van der Waals surface area (Å²) in [5, 5.41) is 2.87. The van der Waals surface area contributed by atoms with Gasteiger partial charge in [-0.1, -0.05) is 13.0 Å². The van der Waals surface area contributed by atoms with E-state index in [0.717, 1.165) is 23.6 Å². The quantitative estimate of drug-likeness (QED) is 0.820. The van der Waals surface area contributed by atoms with Crippen LogP contribution in [0, 0.1) is 0 Å². The van der Waals surface area contributed by atoms with Crippen LogP contribution in [-0.2, 0) is 19.1 Å². The van der Waals surface area contributed by atoms with Crippen molar-refractivity contribution >= 4 is 0 Å². The summed E-state index contributed by atoms with van der Waals surface area (Å²) in [7, 11) is 1.72. The molecular weight excluding hydrogens is 203 g/mol. The monoisotopic (exact) mass is 217 g/mol. The average molecular weight is 217 g/mol. The summed E-state index contributed by atoms with van der Waals surface area (Å²) in [6.45, 7) is 2.40. The molecule has 0 aliphatic carbocycles. The van der Waals surface area contributed by atoms with Gasteiger partial charge in [-0.25, -0.2) is 0 Å². The van der Waals surface area contributed by atoms with Gasteiger partial charge < -0.3 is 5.32 Å². The summed E-state index contributed by atoms with van der Waals surface area (Å²) < 4.78 is 37.3. The van der Waals surface area contributed by atoms with E-state index in [-0.39, 0.29) is 0 Å². The van der Waals surface area contributed by atoms with Gasteiger partial charge in [0.25, 0.3) is 0 Å². The Morgan fingerprint density at radius 1 is 1.20 bits per heavy atom. The molecule has 0 bridgehead atoms. The number of rotatable bonds is 3. The van der Waals surface area contributed by atoms with E-state index in [1.807, 2.05) is 6.92 Å². The molecule has 4 heteroatoms. The fraction of sp³-hybridized carbons (Fsp3) is 0.455. The Morgan fingerprint density at radius 2 is 1.87 bits per heavy atom. The molecule has 0 radical (unpaired) electrons. The van der Waals surface area contributed by atoms with Crippen molar-refractivity contribution < 1.29 is 13.2 Å². The number of halogens is 3. The van der Waals surface area contributed by atoms with E-state index in [1.165, 1.54) is 6.07 Å². The lowest BCUT2D eigenvalue weighted by Crippen LogP contribution is -2.11. The van der Waals surface area contributed by atoms with Crippen molar-refractivity contribution in [3.63, 3.8) is 0 Å². The van der Waals surface area contributed by atoms with Crippen LogP contribution in [0.1, 0.15) is 23.6 Å². The molecule has 84 valence electrons. The highest BCUT2D eigenvalue weighted by molar-refractivity contribution is 5.33. The second-order valence-electron chi connectivity index (χ2n) is 3.37. The van der Waals surface area contributed by atoms with Crippen LogP contribution in [0.5, 0.6) is 0 Å². The highest BCUT2D eigenvalue weighted by Gasteiger charge is 2.30. The highest BCUT2D eigenvalue weighted by atomic mass is 19.4. The van der Waals surface area contributed by atoms with E-state index >= 15 is 0 Å². The van der Waals surface area contributed by atoms with E-state index in [1.54, 1.807) is 13.1 Å². The lowest BCUT2D eigenvalue weighted by Gasteiger charge is -2.12. The Balaban J connectivity index is 3.10. The topological polar surface area (TPSA) is 12.0 Å². The number of alkyl halides is 3. The zero-order chi connectivity index (χ0) is 11.5. The van der Waals surface area contributed by atoms with Crippen molar-refractivity contribution in [3.8, 4) is 0 Å². The predicted molar refractivity (Wildman–Crippen MR) is 53.6 cm³/mol. The molecule has 1 nitrogen and oxygen atoms in total. The van der Waals surface area contributed by atoms with Gasteiger partial charge >= 0.3 is 6.18 Å². The molecular formula is C11H14F3N. The number of hydrogen-bond donors (Lipinski definition) is 1. The van der Waals surface area contributed by atoms with Crippen LogP contribution in [0.25, 0.3) is 0 Å². The van der Waals surface area contributed by atoms with Gasteiger partial charge in [0.1, 0.15) is 0 Å². The maximum absolute atomic E-state index is 12.4. The van der Waals surface area contributed by atoms with Crippen LogP contribution in [0.3, 0.4) is 0 Å². The van der Waals surface area contributed by atoms with Gasteiger partial charge in [-0.2, -0.15) is 13.2 Å². The summed E-state index contributed by atoms with van der Waals surface area (Å²) in [6, 6.07) is 3.91. The third-order valence-corrected chi connectivity index (χ3v) is 2.28. The fourth-order valence-electron chi connectivity index (χ4n) is 1.50. The molecule has 0 atom stereocenters. The fourth-order valence-corrected chi connectivity index (χ4v) is 1.50. The standard InChI is InChI=1S/C11H14F3N/c1-3-8-4-5-10(11(12,13)14)6-9(8)7-15-2/h4-6,15H,3,7H2,1-2H3. The molecule has 1 aromatic rings. The summed E-state index contributed by atoms with van der Waals surface area (Å²) >= 11 is 0.